The highest BCUT2D eigenvalue weighted by atomic mass is 15.1. The third-order valence-electron chi connectivity index (χ3n) is 1.81. The third kappa shape index (κ3) is 6.02. The van der Waals surface area contributed by atoms with Crippen molar-refractivity contribution in [1.82, 2.24) is 4.90 Å². The zero-order chi connectivity index (χ0) is 9.23. The summed E-state index contributed by atoms with van der Waals surface area (Å²) in [6, 6.07) is 0. The van der Waals surface area contributed by atoms with E-state index in [9.17, 15) is 0 Å². The summed E-state index contributed by atoms with van der Waals surface area (Å²) in [5.41, 5.74) is 0. The minimum atomic E-state index is 0.957. The summed E-state index contributed by atoms with van der Waals surface area (Å²) in [5, 5.41) is 0. The van der Waals surface area contributed by atoms with Gasteiger partial charge in [0.25, 0.3) is 0 Å². The molecule has 0 aromatic heterocycles. The molecule has 0 aliphatic heterocycles. The predicted octanol–water partition coefficient (Wildman–Crippen LogP) is 3.20. The molecule has 0 aliphatic rings. The zero-order valence-electron chi connectivity index (χ0n) is 8.42. The Balaban J connectivity index is 3.53. The second kappa shape index (κ2) is 8.38. The predicted molar refractivity (Wildman–Crippen MR) is 56.1 cm³/mol. The van der Waals surface area contributed by atoms with E-state index in [4.69, 9.17) is 0 Å². The molecule has 0 amide bonds. The van der Waals surface area contributed by atoms with Gasteiger partial charge in [-0.05, 0) is 19.5 Å². The molecular weight excluding hydrogens is 146 g/mol. The lowest BCUT2D eigenvalue weighted by Crippen LogP contribution is -2.15. The van der Waals surface area contributed by atoms with Gasteiger partial charge in [0, 0.05) is 13.1 Å². The van der Waals surface area contributed by atoms with Gasteiger partial charge in [-0.3, -0.25) is 0 Å². The van der Waals surface area contributed by atoms with Crippen LogP contribution in [0.1, 0.15) is 33.1 Å². The molecule has 0 N–H and O–H groups in total. The fourth-order valence-electron chi connectivity index (χ4n) is 1.01. The van der Waals surface area contributed by atoms with E-state index in [1.165, 1.54) is 19.3 Å². The summed E-state index contributed by atoms with van der Waals surface area (Å²) in [6.45, 7) is 10.1. The van der Waals surface area contributed by atoms with Crippen LogP contribution in [0, 0.1) is 0 Å². The Morgan fingerprint density at radius 3 is 2.58 bits per heavy atom. The van der Waals surface area contributed by atoms with E-state index < -0.39 is 0 Å². The first-order chi connectivity index (χ1) is 5.85. The molecule has 0 aromatic carbocycles. The number of hydrogen-bond donors (Lipinski definition) is 0. The van der Waals surface area contributed by atoms with Crippen LogP contribution in [0.4, 0.5) is 0 Å². The Kier molecular flexibility index (Phi) is 7.87. The first kappa shape index (κ1) is 11.3. The van der Waals surface area contributed by atoms with Gasteiger partial charge < -0.3 is 4.90 Å². The van der Waals surface area contributed by atoms with Crippen molar-refractivity contribution in [3.63, 3.8) is 0 Å². The maximum atomic E-state index is 3.72. The Morgan fingerprint density at radius 1 is 1.33 bits per heavy atom. The summed E-state index contributed by atoms with van der Waals surface area (Å²) < 4.78 is 0. The highest BCUT2D eigenvalue weighted by molar-refractivity contribution is 4.85. The molecule has 0 radical (unpaired) electrons. The fraction of sp³-hybridized carbons (Fsp3) is 0.636. The highest BCUT2D eigenvalue weighted by Gasteiger charge is 1.89. The largest absolute Gasteiger partial charge is 0.374 e. The number of allylic oxidation sites excluding steroid dienone is 1. The summed E-state index contributed by atoms with van der Waals surface area (Å²) >= 11 is 0. The van der Waals surface area contributed by atoms with E-state index in [0.717, 1.165) is 13.1 Å². The van der Waals surface area contributed by atoms with Crippen LogP contribution in [0.3, 0.4) is 0 Å². The minimum absolute atomic E-state index is 0.957. The molecule has 0 unspecified atom stereocenters. The molecule has 1 nitrogen and oxygen atoms in total. The van der Waals surface area contributed by atoms with Crippen LogP contribution in [-0.2, 0) is 0 Å². The molecule has 0 aliphatic carbocycles. The van der Waals surface area contributed by atoms with Gasteiger partial charge in [-0.1, -0.05) is 31.9 Å². The molecule has 0 rings (SSSR count). The van der Waals surface area contributed by atoms with Crippen LogP contribution in [-0.4, -0.2) is 18.0 Å². The van der Waals surface area contributed by atoms with E-state index in [2.05, 4.69) is 37.6 Å². The lowest BCUT2D eigenvalue weighted by Gasteiger charge is -2.14. The Labute approximate surface area is 76.8 Å². The van der Waals surface area contributed by atoms with Crippen molar-refractivity contribution < 1.29 is 0 Å². The molecule has 0 saturated heterocycles. The monoisotopic (exact) mass is 167 g/mol. The van der Waals surface area contributed by atoms with Crippen LogP contribution in [0.5, 0.6) is 0 Å². The van der Waals surface area contributed by atoms with Crippen LogP contribution in [0.15, 0.2) is 24.9 Å². The summed E-state index contributed by atoms with van der Waals surface area (Å²) in [4.78, 5) is 2.25. The molecule has 70 valence electrons. The number of unbranched alkanes of at least 4 members (excludes halogenated alkanes) is 2. The van der Waals surface area contributed by atoms with Crippen molar-refractivity contribution in [3.8, 4) is 0 Å². The van der Waals surface area contributed by atoms with Crippen molar-refractivity contribution >= 4 is 0 Å². The quantitative estimate of drug-likeness (QED) is 0.416. The average Bonchev–Trinajstić information content (AvgIpc) is 2.10. The van der Waals surface area contributed by atoms with Crippen molar-refractivity contribution in [1.29, 1.82) is 0 Å². The summed E-state index contributed by atoms with van der Waals surface area (Å²) in [7, 11) is 0. The highest BCUT2D eigenvalue weighted by Crippen LogP contribution is 1.97. The van der Waals surface area contributed by atoms with Crippen molar-refractivity contribution in [3.05, 3.63) is 24.9 Å². The number of likely N-dealkylation sites (N-methyl/N-ethyl adjacent to an activating group) is 1. The SMILES string of the molecule is C=CCN(C=CCCCC)CC. The molecule has 0 atom stereocenters. The van der Waals surface area contributed by atoms with Gasteiger partial charge in [-0.2, -0.15) is 0 Å². The van der Waals surface area contributed by atoms with E-state index in [-0.39, 0.29) is 0 Å². The molecule has 0 saturated carbocycles. The maximum absolute atomic E-state index is 3.72. The zero-order valence-corrected chi connectivity index (χ0v) is 8.42. The molecular formula is C11H21N. The molecule has 0 aromatic rings. The molecule has 0 bridgehead atoms. The van der Waals surface area contributed by atoms with Gasteiger partial charge >= 0.3 is 0 Å². The normalized spacial score (nSPS) is 10.5. The van der Waals surface area contributed by atoms with Gasteiger partial charge in [0.05, 0.1) is 0 Å². The Morgan fingerprint density at radius 2 is 2.08 bits per heavy atom. The lowest BCUT2D eigenvalue weighted by molar-refractivity contribution is 0.438. The number of nitrogens with zero attached hydrogens (tertiary/aromatic N) is 1. The van der Waals surface area contributed by atoms with Crippen molar-refractivity contribution in [2.24, 2.45) is 0 Å². The van der Waals surface area contributed by atoms with Gasteiger partial charge in [0.15, 0.2) is 0 Å². The number of hydrogen-bond acceptors (Lipinski definition) is 1. The Hall–Kier alpha value is -0.720. The smallest absolute Gasteiger partial charge is 0.0351 e. The first-order valence-corrected chi connectivity index (χ1v) is 4.86. The summed E-state index contributed by atoms with van der Waals surface area (Å²) in [6.07, 6.45) is 10.1. The van der Waals surface area contributed by atoms with E-state index in [0.29, 0.717) is 0 Å². The molecule has 12 heavy (non-hydrogen) atoms. The van der Waals surface area contributed by atoms with Gasteiger partial charge in [0.2, 0.25) is 0 Å². The fourth-order valence-corrected chi connectivity index (χ4v) is 1.01. The molecule has 0 heterocycles. The van der Waals surface area contributed by atoms with Crippen LogP contribution in [0.2, 0.25) is 0 Å². The lowest BCUT2D eigenvalue weighted by atomic mass is 10.2. The maximum Gasteiger partial charge on any atom is 0.0351 e. The van der Waals surface area contributed by atoms with E-state index in [1.54, 1.807) is 0 Å². The molecule has 1 heteroatoms. The second-order valence-electron chi connectivity index (χ2n) is 2.90. The first-order valence-electron chi connectivity index (χ1n) is 4.86. The van der Waals surface area contributed by atoms with E-state index >= 15 is 0 Å². The second-order valence-corrected chi connectivity index (χ2v) is 2.90. The van der Waals surface area contributed by atoms with E-state index in [1.807, 2.05) is 6.08 Å². The minimum Gasteiger partial charge on any atom is -0.374 e. The molecule has 0 fully saturated rings. The van der Waals surface area contributed by atoms with Crippen LogP contribution in [0.25, 0.3) is 0 Å². The van der Waals surface area contributed by atoms with Crippen molar-refractivity contribution in [2.75, 3.05) is 13.1 Å². The Bertz CT molecular complexity index is 127. The topological polar surface area (TPSA) is 3.24 Å². The van der Waals surface area contributed by atoms with Gasteiger partial charge in [0.1, 0.15) is 0 Å². The standard InChI is InChI=1S/C11H21N/c1-4-7-8-9-11-12(6-3)10-5-2/h5,9,11H,2,4,6-8,10H2,1,3H3. The molecule has 0 spiro atoms. The number of rotatable bonds is 7. The van der Waals surface area contributed by atoms with Gasteiger partial charge in [-0.25, -0.2) is 0 Å². The summed E-state index contributed by atoms with van der Waals surface area (Å²) in [5.74, 6) is 0. The average molecular weight is 167 g/mol. The van der Waals surface area contributed by atoms with Crippen LogP contribution >= 0.6 is 0 Å². The van der Waals surface area contributed by atoms with Crippen LogP contribution < -0.4 is 0 Å². The third-order valence-corrected chi connectivity index (χ3v) is 1.81. The van der Waals surface area contributed by atoms with Crippen molar-refractivity contribution in [2.45, 2.75) is 33.1 Å². The van der Waals surface area contributed by atoms with Gasteiger partial charge in [-0.15, -0.1) is 6.58 Å².